The van der Waals surface area contributed by atoms with Crippen molar-refractivity contribution in [3.05, 3.63) is 28.3 Å². The molecular formula is C13H19NO5. The third-order valence-electron chi connectivity index (χ3n) is 2.41. The molecule has 106 valence electrons. The standard InChI is InChI=1S/C13H19NO5/c1-9(2)3-4-14-13(17)8-19-12-7-18-10(6-15)5-11(12)16/h5,7,9,15H,3-4,6,8H2,1-2H3,(H,14,17). The van der Waals surface area contributed by atoms with Crippen LogP contribution in [-0.2, 0) is 11.4 Å². The zero-order chi connectivity index (χ0) is 14.3. The number of ether oxygens (including phenoxy) is 1. The van der Waals surface area contributed by atoms with E-state index in [2.05, 4.69) is 19.2 Å². The predicted molar refractivity (Wildman–Crippen MR) is 68.9 cm³/mol. The van der Waals surface area contributed by atoms with Crippen LogP contribution in [0.2, 0.25) is 0 Å². The zero-order valence-electron chi connectivity index (χ0n) is 11.1. The first-order valence-electron chi connectivity index (χ1n) is 6.15. The fraction of sp³-hybridized carbons (Fsp3) is 0.538. The molecule has 0 saturated carbocycles. The van der Waals surface area contributed by atoms with Gasteiger partial charge in [-0.15, -0.1) is 0 Å². The van der Waals surface area contributed by atoms with Gasteiger partial charge >= 0.3 is 0 Å². The lowest BCUT2D eigenvalue weighted by Crippen LogP contribution is -2.30. The molecule has 2 N–H and O–H groups in total. The van der Waals surface area contributed by atoms with E-state index in [1.807, 2.05) is 0 Å². The molecule has 0 atom stereocenters. The molecule has 19 heavy (non-hydrogen) atoms. The zero-order valence-corrected chi connectivity index (χ0v) is 11.1. The Morgan fingerprint density at radius 2 is 2.26 bits per heavy atom. The second-order valence-electron chi connectivity index (χ2n) is 4.55. The molecule has 0 aromatic carbocycles. The highest BCUT2D eigenvalue weighted by atomic mass is 16.5. The molecule has 1 rings (SSSR count). The number of aliphatic hydroxyl groups excluding tert-OH is 1. The van der Waals surface area contributed by atoms with E-state index in [0.717, 1.165) is 18.8 Å². The van der Waals surface area contributed by atoms with Gasteiger partial charge in [-0.1, -0.05) is 13.8 Å². The van der Waals surface area contributed by atoms with E-state index in [9.17, 15) is 9.59 Å². The van der Waals surface area contributed by atoms with Crippen molar-refractivity contribution >= 4 is 5.91 Å². The molecule has 0 saturated heterocycles. The number of nitrogens with one attached hydrogen (secondary N) is 1. The van der Waals surface area contributed by atoms with E-state index >= 15 is 0 Å². The Balaban J connectivity index is 2.40. The summed E-state index contributed by atoms with van der Waals surface area (Å²) >= 11 is 0. The number of carbonyl (C=O) groups excluding carboxylic acids is 1. The van der Waals surface area contributed by atoms with Crippen LogP contribution in [0.25, 0.3) is 0 Å². The fourth-order valence-corrected chi connectivity index (χ4v) is 1.32. The van der Waals surface area contributed by atoms with E-state index in [1.54, 1.807) is 0 Å². The molecular weight excluding hydrogens is 250 g/mol. The van der Waals surface area contributed by atoms with Crippen LogP contribution in [0.4, 0.5) is 0 Å². The molecule has 0 spiro atoms. The number of carbonyl (C=O) groups is 1. The number of amides is 1. The van der Waals surface area contributed by atoms with E-state index in [1.165, 1.54) is 0 Å². The Morgan fingerprint density at radius 1 is 1.53 bits per heavy atom. The Labute approximate surface area is 111 Å². The maximum absolute atomic E-state index is 11.5. The van der Waals surface area contributed by atoms with E-state index in [-0.39, 0.29) is 30.6 Å². The third kappa shape index (κ3) is 5.56. The molecule has 6 nitrogen and oxygen atoms in total. The van der Waals surface area contributed by atoms with E-state index < -0.39 is 5.43 Å². The van der Waals surface area contributed by atoms with Gasteiger partial charge in [0.05, 0.1) is 0 Å². The molecule has 0 radical (unpaired) electrons. The SMILES string of the molecule is CC(C)CCNC(=O)COc1coc(CO)cc1=O. The van der Waals surface area contributed by atoms with Crippen LogP contribution in [0.3, 0.4) is 0 Å². The Bertz CT molecular complexity index is 466. The lowest BCUT2D eigenvalue weighted by atomic mass is 10.1. The number of aliphatic hydroxyl groups is 1. The number of hydrogen-bond donors (Lipinski definition) is 2. The van der Waals surface area contributed by atoms with Gasteiger partial charge in [-0.3, -0.25) is 9.59 Å². The van der Waals surface area contributed by atoms with E-state index in [0.29, 0.717) is 12.5 Å². The molecule has 0 aliphatic rings. The van der Waals surface area contributed by atoms with Crippen molar-refractivity contribution < 1.29 is 19.1 Å². The molecule has 0 aliphatic heterocycles. The van der Waals surface area contributed by atoms with Crippen molar-refractivity contribution in [2.24, 2.45) is 5.92 Å². The van der Waals surface area contributed by atoms with Gasteiger partial charge in [-0.2, -0.15) is 0 Å². The molecule has 0 bridgehead atoms. The molecule has 1 aromatic heterocycles. The summed E-state index contributed by atoms with van der Waals surface area (Å²) in [6.07, 6.45) is 1.98. The van der Waals surface area contributed by atoms with E-state index in [4.69, 9.17) is 14.3 Å². The second-order valence-corrected chi connectivity index (χ2v) is 4.55. The van der Waals surface area contributed by atoms with Crippen molar-refractivity contribution in [2.45, 2.75) is 26.9 Å². The smallest absolute Gasteiger partial charge is 0.257 e. The molecule has 1 aromatic rings. The van der Waals surface area contributed by atoms with Gasteiger partial charge in [0, 0.05) is 12.6 Å². The Hall–Kier alpha value is -1.82. The van der Waals surface area contributed by atoms with Gasteiger partial charge in [0.1, 0.15) is 18.6 Å². The van der Waals surface area contributed by atoms with Gasteiger partial charge in [-0.25, -0.2) is 0 Å². The van der Waals surface area contributed by atoms with Crippen molar-refractivity contribution in [3.63, 3.8) is 0 Å². The van der Waals surface area contributed by atoms with Crippen LogP contribution < -0.4 is 15.5 Å². The lowest BCUT2D eigenvalue weighted by Gasteiger charge is -2.08. The van der Waals surface area contributed by atoms with Crippen molar-refractivity contribution in [1.82, 2.24) is 5.32 Å². The highest BCUT2D eigenvalue weighted by molar-refractivity contribution is 5.77. The Morgan fingerprint density at radius 3 is 2.84 bits per heavy atom. The fourth-order valence-electron chi connectivity index (χ4n) is 1.32. The molecule has 1 amide bonds. The molecule has 0 unspecified atom stereocenters. The summed E-state index contributed by atoms with van der Waals surface area (Å²) in [5.74, 6) is 0.334. The largest absolute Gasteiger partial charge is 0.477 e. The van der Waals surface area contributed by atoms with Crippen molar-refractivity contribution in [1.29, 1.82) is 0 Å². The summed E-state index contributed by atoms with van der Waals surface area (Å²) in [5.41, 5.74) is -0.426. The topological polar surface area (TPSA) is 88.8 Å². The highest BCUT2D eigenvalue weighted by Crippen LogP contribution is 2.05. The van der Waals surface area contributed by atoms with Gasteiger partial charge < -0.3 is 19.6 Å². The summed E-state index contributed by atoms with van der Waals surface area (Å²) in [6, 6.07) is 1.13. The monoisotopic (exact) mass is 269 g/mol. The lowest BCUT2D eigenvalue weighted by molar-refractivity contribution is -0.123. The van der Waals surface area contributed by atoms with Crippen LogP contribution in [-0.4, -0.2) is 24.2 Å². The van der Waals surface area contributed by atoms with Gasteiger partial charge in [0.2, 0.25) is 11.2 Å². The minimum absolute atomic E-state index is 0.0452. The number of rotatable bonds is 7. The molecule has 6 heteroatoms. The van der Waals surface area contributed by atoms with Crippen LogP contribution in [0, 0.1) is 5.92 Å². The predicted octanol–water partition coefficient (Wildman–Crippen LogP) is 0.673. The minimum Gasteiger partial charge on any atom is -0.477 e. The average molecular weight is 269 g/mol. The molecule has 1 heterocycles. The summed E-state index contributed by atoms with van der Waals surface area (Å²) in [7, 11) is 0. The minimum atomic E-state index is -0.426. The summed E-state index contributed by atoms with van der Waals surface area (Å²) in [5, 5.41) is 11.5. The molecule has 0 aliphatic carbocycles. The first kappa shape index (κ1) is 15.2. The van der Waals surface area contributed by atoms with Gasteiger partial charge in [0.15, 0.2) is 6.61 Å². The normalized spacial score (nSPS) is 10.5. The first-order chi connectivity index (χ1) is 9.02. The van der Waals surface area contributed by atoms with Crippen molar-refractivity contribution in [2.75, 3.05) is 13.2 Å². The van der Waals surface area contributed by atoms with Crippen LogP contribution in [0.5, 0.6) is 5.75 Å². The quantitative estimate of drug-likeness (QED) is 0.759. The highest BCUT2D eigenvalue weighted by Gasteiger charge is 2.07. The van der Waals surface area contributed by atoms with Crippen LogP contribution in [0.1, 0.15) is 26.0 Å². The number of hydrogen-bond acceptors (Lipinski definition) is 5. The van der Waals surface area contributed by atoms with Gasteiger partial charge in [-0.05, 0) is 12.3 Å². The van der Waals surface area contributed by atoms with Gasteiger partial charge in [0.25, 0.3) is 5.91 Å². The molecule has 0 fully saturated rings. The average Bonchev–Trinajstić information content (AvgIpc) is 2.36. The maximum atomic E-state index is 11.5. The Kier molecular flexibility index (Phi) is 6.08. The van der Waals surface area contributed by atoms with Crippen LogP contribution in [0.15, 0.2) is 21.5 Å². The third-order valence-corrected chi connectivity index (χ3v) is 2.41. The summed E-state index contributed by atoms with van der Waals surface area (Å²) in [6.45, 7) is 4.12. The second kappa shape index (κ2) is 7.58. The van der Waals surface area contributed by atoms with Crippen LogP contribution >= 0.6 is 0 Å². The maximum Gasteiger partial charge on any atom is 0.257 e. The summed E-state index contributed by atoms with van der Waals surface area (Å²) in [4.78, 5) is 22.9. The van der Waals surface area contributed by atoms with Crippen molar-refractivity contribution in [3.8, 4) is 5.75 Å². The first-order valence-corrected chi connectivity index (χ1v) is 6.15. The summed E-state index contributed by atoms with van der Waals surface area (Å²) < 4.78 is 9.98.